The number of amides is 8. The van der Waals surface area contributed by atoms with Gasteiger partial charge in [0.05, 0.1) is 38.7 Å². The van der Waals surface area contributed by atoms with Crippen molar-refractivity contribution in [3.8, 4) is 5.75 Å². The van der Waals surface area contributed by atoms with Gasteiger partial charge in [-0.25, -0.2) is 4.79 Å². The van der Waals surface area contributed by atoms with E-state index in [4.69, 9.17) is 22.9 Å². The standard InChI is InChI=1S/C35H54N12O16/c1-15(50)27(34(62)63)47-33(61)23(14-49)46-32(60)22(11-26(54)55)42-25(53)12-41-29(57)19(3-2-8-40-35(38)39)43-31(59)21(10-24(37)52)45-30(58)20(44-28(56)18(36)13-48)9-16-4-6-17(51)7-5-16/h4-7,15,18-23,27,48-51H,2-3,8-14,36H2,1H3,(H2,37,52)(H,41,57)(H,42,53)(H,43,59)(H,44,56)(H,45,58)(H,46,60)(H,47,61)(H,54,55)(H,62,63)(H4,38,39,40). The first-order valence-corrected chi connectivity index (χ1v) is 18.8. The number of aromatic hydroxyl groups is 1. The molecule has 350 valence electrons. The Kier molecular flexibility index (Phi) is 23.0. The summed E-state index contributed by atoms with van der Waals surface area (Å²) < 4.78 is 0. The summed E-state index contributed by atoms with van der Waals surface area (Å²) >= 11 is 0. The second-order valence-corrected chi connectivity index (χ2v) is 13.7. The number of guanidine groups is 1. The number of carbonyl (C=O) groups is 10. The fourth-order valence-electron chi connectivity index (χ4n) is 5.19. The SMILES string of the molecule is CC(O)C(NC(=O)C(CO)NC(=O)C(CC(=O)O)NC(=O)CNC(=O)C(CCCN=C(N)N)NC(=O)C(CC(N)=O)NC(=O)C(Cc1ccc(O)cc1)NC(=O)C(N)CO)C(=O)O. The van der Waals surface area contributed by atoms with E-state index in [-0.39, 0.29) is 37.5 Å². The summed E-state index contributed by atoms with van der Waals surface area (Å²) in [6, 6.07) is -6.58. The molecule has 0 radical (unpaired) electrons. The fraction of sp³-hybridized carbons (Fsp3) is 0.514. The molecule has 28 nitrogen and oxygen atoms in total. The van der Waals surface area contributed by atoms with Crippen LogP contribution in [0.15, 0.2) is 29.3 Å². The lowest BCUT2D eigenvalue weighted by Crippen LogP contribution is -2.59. The maximum atomic E-state index is 13.6. The van der Waals surface area contributed by atoms with Crippen molar-refractivity contribution in [2.24, 2.45) is 27.9 Å². The van der Waals surface area contributed by atoms with Crippen LogP contribution < -0.4 is 60.2 Å². The van der Waals surface area contributed by atoms with Gasteiger partial charge in [-0.15, -0.1) is 0 Å². The molecule has 8 atom stereocenters. The van der Waals surface area contributed by atoms with Crippen LogP contribution in [0.5, 0.6) is 5.75 Å². The molecule has 8 amide bonds. The topological polar surface area (TPSA) is 493 Å². The maximum Gasteiger partial charge on any atom is 0.328 e. The zero-order valence-electron chi connectivity index (χ0n) is 33.8. The monoisotopic (exact) mass is 898 g/mol. The number of phenols is 1. The number of aliphatic imine (C=N–C) groups is 1. The van der Waals surface area contributed by atoms with Crippen LogP contribution in [0.3, 0.4) is 0 Å². The van der Waals surface area contributed by atoms with Crippen LogP contribution in [-0.2, 0) is 54.4 Å². The van der Waals surface area contributed by atoms with E-state index in [2.05, 4.69) is 26.3 Å². The van der Waals surface area contributed by atoms with Crippen molar-refractivity contribution < 1.29 is 78.6 Å². The Labute approximate surface area is 357 Å². The minimum absolute atomic E-state index is 0.00599. The van der Waals surface area contributed by atoms with Crippen molar-refractivity contribution in [3.63, 3.8) is 0 Å². The second kappa shape index (κ2) is 26.9. The number of hydrogen-bond donors (Lipinski definition) is 17. The summed E-state index contributed by atoms with van der Waals surface area (Å²) in [5.74, 6) is -12.9. The number of benzene rings is 1. The average Bonchev–Trinajstić information content (AvgIpc) is 3.20. The van der Waals surface area contributed by atoms with Crippen molar-refractivity contribution in [2.45, 2.75) is 87.4 Å². The predicted molar refractivity (Wildman–Crippen MR) is 214 cm³/mol. The number of carbonyl (C=O) groups excluding carboxylic acids is 8. The molecule has 0 heterocycles. The summed E-state index contributed by atoms with van der Waals surface area (Å²) in [5.41, 5.74) is 22.0. The fourth-order valence-corrected chi connectivity index (χ4v) is 5.19. The molecule has 8 unspecified atom stereocenters. The predicted octanol–water partition coefficient (Wildman–Crippen LogP) is -8.86. The van der Waals surface area contributed by atoms with E-state index in [1.165, 1.54) is 24.3 Å². The number of aliphatic hydroxyl groups is 3. The van der Waals surface area contributed by atoms with Gasteiger partial charge in [-0.2, -0.15) is 0 Å². The van der Waals surface area contributed by atoms with Gasteiger partial charge in [0.15, 0.2) is 12.0 Å². The molecule has 0 aromatic heterocycles. The normalized spacial score (nSPS) is 14.6. The van der Waals surface area contributed by atoms with E-state index < -0.39 is 140 Å². The molecular weight excluding hydrogens is 844 g/mol. The first kappa shape index (κ1) is 53.8. The van der Waals surface area contributed by atoms with Gasteiger partial charge in [0.1, 0.15) is 42.0 Å². The van der Waals surface area contributed by atoms with Crippen molar-refractivity contribution in [2.75, 3.05) is 26.3 Å². The zero-order chi connectivity index (χ0) is 48.0. The summed E-state index contributed by atoms with van der Waals surface area (Å²) in [6.45, 7) is -1.95. The number of aliphatic hydroxyl groups excluding tert-OH is 3. The largest absolute Gasteiger partial charge is 0.508 e. The molecule has 28 heteroatoms. The van der Waals surface area contributed by atoms with E-state index in [0.29, 0.717) is 5.56 Å². The molecule has 1 rings (SSSR count). The highest BCUT2D eigenvalue weighted by atomic mass is 16.4. The molecule has 0 saturated heterocycles. The number of hydrogen-bond acceptors (Lipinski definition) is 16. The minimum Gasteiger partial charge on any atom is -0.508 e. The van der Waals surface area contributed by atoms with E-state index >= 15 is 0 Å². The summed E-state index contributed by atoms with van der Waals surface area (Å²) in [5, 5.41) is 71.7. The second-order valence-electron chi connectivity index (χ2n) is 13.7. The number of nitrogens with two attached hydrogens (primary N) is 4. The Morgan fingerprint density at radius 1 is 0.667 bits per heavy atom. The van der Waals surface area contributed by atoms with Crippen molar-refractivity contribution in [1.82, 2.24) is 37.2 Å². The minimum atomic E-state index is -1.95. The quantitative estimate of drug-likeness (QED) is 0.0211. The van der Waals surface area contributed by atoms with Gasteiger partial charge < -0.3 is 90.8 Å². The third-order valence-electron chi connectivity index (χ3n) is 8.47. The highest BCUT2D eigenvalue weighted by Crippen LogP contribution is 2.12. The molecule has 0 aliphatic carbocycles. The van der Waals surface area contributed by atoms with Crippen LogP contribution in [0.1, 0.15) is 38.2 Å². The Bertz CT molecular complexity index is 1830. The first-order valence-electron chi connectivity index (χ1n) is 18.8. The number of carboxylic acids is 2. The number of nitrogens with zero attached hydrogens (tertiary/aromatic N) is 1. The third kappa shape index (κ3) is 20.3. The van der Waals surface area contributed by atoms with Crippen LogP contribution >= 0.6 is 0 Å². The molecule has 1 aromatic rings. The molecule has 0 bridgehead atoms. The number of rotatable bonds is 28. The van der Waals surface area contributed by atoms with Gasteiger partial charge in [-0.1, -0.05) is 12.1 Å². The molecule has 0 spiro atoms. The van der Waals surface area contributed by atoms with Crippen LogP contribution in [0.25, 0.3) is 0 Å². The average molecular weight is 899 g/mol. The van der Waals surface area contributed by atoms with Crippen molar-refractivity contribution in [1.29, 1.82) is 0 Å². The summed E-state index contributed by atoms with van der Waals surface area (Å²) in [4.78, 5) is 130. The zero-order valence-corrected chi connectivity index (χ0v) is 33.8. The summed E-state index contributed by atoms with van der Waals surface area (Å²) in [6.07, 6.45) is -4.04. The Morgan fingerprint density at radius 3 is 1.70 bits per heavy atom. The molecule has 1 aromatic carbocycles. The third-order valence-corrected chi connectivity index (χ3v) is 8.47. The van der Waals surface area contributed by atoms with Gasteiger partial charge in [0.2, 0.25) is 47.3 Å². The number of phenolic OH excluding ortho intramolecular Hbond substituents is 1. The molecule has 0 aliphatic heterocycles. The summed E-state index contributed by atoms with van der Waals surface area (Å²) in [7, 11) is 0. The molecular formula is C35H54N12O16. The van der Waals surface area contributed by atoms with E-state index in [9.17, 15) is 78.6 Å². The van der Waals surface area contributed by atoms with Crippen molar-refractivity contribution >= 4 is 65.2 Å². The molecule has 0 aliphatic rings. The number of aliphatic carboxylic acids is 2. The Hall–Kier alpha value is -7.17. The van der Waals surface area contributed by atoms with E-state index in [0.717, 1.165) is 6.92 Å². The van der Waals surface area contributed by atoms with Crippen LogP contribution in [-0.4, -0.2) is 170 Å². The lowest BCUT2D eigenvalue weighted by Gasteiger charge is -2.25. The van der Waals surface area contributed by atoms with E-state index in [1.54, 1.807) is 0 Å². The van der Waals surface area contributed by atoms with Gasteiger partial charge in [0.25, 0.3) is 0 Å². The first-order chi connectivity index (χ1) is 29.5. The van der Waals surface area contributed by atoms with Crippen LogP contribution in [0.4, 0.5) is 0 Å². The lowest BCUT2D eigenvalue weighted by atomic mass is 10.0. The number of primary amides is 1. The Balaban J connectivity index is 3.26. The number of carboxylic acid groups (broad SMARTS) is 2. The highest BCUT2D eigenvalue weighted by molar-refractivity contribution is 5.98. The molecule has 0 fully saturated rings. The maximum absolute atomic E-state index is 13.6. The molecule has 63 heavy (non-hydrogen) atoms. The Morgan fingerprint density at radius 2 is 1.19 bits per heavy atom. The smallest absolute Gasteiger partial charge is 0.328 e. The van der Waals surface area contributed by atoms with Gasteiger partial charge in [-0.3, -0.25) is 48.1 Å². The molecule has 21 N–H and O–H groups in total. The van der Waals surface area contributed by atoms with Gasteiger partial charge in [0, 0.05) is 13.0 Å². The number of nitrogens with one attached hydrogen (secondary N) is 7. The van der Waals surface area contributed by atoms with Gasteiger partial charge >= 0.3 is 11.9 Å². The van der Waals surface area contributed by atoms with E-state index in [1.807, 2.05) is 16.0 Å². The van der Waals surface area contributed by atoms with Gasteiger partial charge in [-0.05, 0) is 37.5 Å². The lowest BCUT2D eigenvalue weighted by molar-refractivity contribution is -0.146. The van der Waals surface area contributed by atoms with Crippen LogP contribution in [0.2, 0.25) is 0 Å². The molecule has 0 saturated carbocycles. The highest BCUT2D eigenvalue weighted by Gasteiger charge is 2.34. The van der Waals surface area contributed by atoms with Crippen LogP contribution in [0, 0.1) is 0 Å². The van der Waals surface area contributed by atoms with Crippen molar-refractivity contribution in [3.05, 3.63) is 29.8 Å².